The van der Waals surface area contributed by atoms with E-state index < -0.39 is 16.0 Å². The highest BCUT2D eigenvalue weighted by Gasteiger charge is 2.20. The first-order valence-corrected chi connectivity index (χ1v) is 12.0. The largest absolute Gasteiger partial charge is 0.477 e. The van der Waals surface area contributed by atoms with E-state index in [2.05, 4.69) is 26.5 Å². The zero-order chi connectivity index (χ0) is 25.2. The second-order valence-electron chi connectivity index (χ2n) is 7.97. The summed E-state index contributed by atoms with van der Waals surface area (Å²) in [5.41, 5.74) is 3.13. The molecule has 4 rings (SSSR count). The van der Waals surface area contributed by atoms with Gasteiger partial charge < -0.3 is 10.0 Å². The molecule has 2 aromatic carbocycles. The van der Waals surface area contributed by atoms with Crippen molar-refractivity contribution in [3.8, 4) is 11.8 Å². The van der Waals surface area contributed by atoms with Crippen molar-refractivity contribution in [1.82, 2.24) is 9.97 Å². The molecule has 35 heavy (non-hydrogen) atoms. The summed E-state index contributed by atoms with van der Waals surface area (Å²) in [5.74, 6) is 4.80. The third-order valence-electron chi connectivity index (χ3n) is 5.32. The van der Waals surface area contributed by atoms with Crippen molar-refractivity contribution in [1.29, 1.82) is 0 Å². The number of hydrogen-bond acceptors (Lipinski definition) is 6. The number of para-hydroxylation sites is 2. The van der Waals surface area contributed by atoms with Gasteiger partial charge in [-0.25, -0.2) is 18.2 Å². The average Bonchev–Trinajstić information content (AvgIpc) is 2.82. The van der Waals surface area contributed by atoms with E-state index >= 15 is 0 Å². The molecular weight excluding hydrogens is 464 g/mol. The van der Waals surface area contributed by atoms with Gasteiger partial charge in [0.1, 0.15) is 10.6 Å². The second-order valence-corrected chi connectivity index (χ2v) is 9.62. The Labute approximate surface area is 203 Å². The number of aryl methyl sites for hydroxylation is 1. The number of aromatic nitrogens is 2. The maximum atomic E-state index is 13.4. The van der Waals surface area contributed by atoms with Gasteiger partial charge in [0.25, 0.3) is 10.0 Å². The lowest BCUT2D eigenvalue weighted by Crippen LogP contribution is -2.15. The molecule has 4 aromatic rings. The standard InChI is InChI=1S/C26H22N4O4S/c1-17-15-22(26(31)32)28-16-19(17)12-11-18-7-4-5-9-21(18)29-35(33,34)24-10-6-8-20-23(30(2)3)13-14-27-25(20)24/h4-10,13-16,29H,1-3H3,(H,31,32). The first kappa shape index (κ1) is 23.7. The monoisotopic (exact) mass is 486 g/mol. The van der Waals surface area contributed by atoms with Crippen molar-refractivity contribution in [3.63, 3.8) is 0 Å². The minimum Gasteiger partial charge on any atom is -0.477 e. The average molecular weight is 487 g/mol. The number of aromatic carboxylic acids is 1. The molecule has 176 valence electrons. The summed E-state index contributed by atoms with van der Waals surface area (Å²) in [7, 11) is -0.219. The molecule has 8 nitrogen and oxygen atoms in total. The van der Waals surface area contributed by atoms with Crippen LogP contribution in [0.25, 0.3) is 10.9 Å². The molecule has 2 N–H and O–H groups in total. The number of anilines is 2. The van der Waals surface area contributed by atoms with Crippen LogP contribution < -0.4 is 9.62 Å². The van der Waals surface area contributed by atoms with Crippen molar-refractivity contribution in [2.75, 3.05) is 23.7 Å². The van der Waals surface area contributed by atoms with Crippen LogP contribution in [0.1, 0.15) is 27.2 Å². The molecule has 0 unspecified atom stereocenters. The molecule has 0 aliphatic rings. The van der Waals surface area contributed by atoms with E-state index in [1.54, 1.807) is 43.5 Å². The predicted octanol–water partition coefficient (Wildman–Crippen LogP) is 3.90. The summed E-state index contributed by atoms with van der Waals surface area (Å²) in [6.07, 6.45) is 2.98. The lowest BCUT2D eigenvalue weighted by molar-refractivity contribution is 0.0690. The zero-order valence-corrected chi connectivity index (χ0v) is 20.1. The summed E-state index contributed by atoms with van der Waals surface area (Å²) in [6, 6.07) is 15.1. The number of nitrogens with one attached hydrogen (secondary N) is 1. The molecule has 0 spiro atoms. The number of hydrogen-bond donors (Lipinski definition) is 2. The quantitative estimate of drug-likeness (QED) is 0.411. The molecule has 2 aromatic heterocycles. The van der Waals surface area contributed by atoms with Gasteiger partial charge in [0.05, 0.1) is 11.2 Å². The second kappa shape index (κ2) is 9.44. The van der Waals surface area contributed by atoms with Gasteiger partial charge in [0.2, 0.25) is 0 Å². The Morgan fingerprint density at radius 1 is 1.00 bits per heavy atom. The highest BCUT2D eigenvalue weighted by atomic mass is 32.2. The Hall–Kier alpha value is -4.42. The Morgan fingerprint density at radius 2 is 1.74 bits per heavy atom. The Morgan fingerprint density at radius 3 is 2.46 bits per heavy atom. The fourth-order valence-electron chi connectivity index (χ4n) is 3.56. The first-order chi connectivity index (χ1) is 16.7. The van der Waals surface area contributed by atoms with Crippen molar-refractivity contribution in [3.05, 3.63) is 89.4 Å². The van der Waals surface area contributed by atoms with Gasteiger partial charge >= 0.3 is 5.97 Å². The summed E-state index contributed by atoms with van der Waals surface area (Å²) in [5, 5.41) is 9.81. The number of fused-ring (bicyclic) bond motifs is 1. The van der Waals surface area contributed by atoms with Crippen molar-refractivity contribution >= 4 is 38.3 Å². The number of benzene rings is 2. The van der Waals surface area contributed by atoms with E-state index in [0.29, 0.717) is 27.9 Å². The summed E-state index contributed by atoms with van der Waals surface area (Å²) >= 11 is 0. The van der Waals surface area contributed by atoms with Gasteiger partial charge in [0, 0.05) is 48.7 Å². The fourth-order valence-corrected chi connectivity index (χ4v) is 4.81. The highest BCUT2D eigenvalue weighted by molar-refractivity contribution is 7.93. The molecule has 0 fully saturated rings. The van der Waals surface area contributed by atoms with Gasteiger partial charge in [0.15, 0.2) is 0 Å². The minimum absolute atomic E-state index is 0.0609. The number of nitrogens with zero attached hydrogens (tertiary/aromatic N) is 3. The SMILES string of the molecule is Cc1cc(C(=O)O)ncc1C#Cc1ccccc1NS(=O)(=O)c1cccc2c(N(C)C)ccnc12. The van der Waals surface area contributed by atoms with Crippen LogP contribution in [0.3, 0.4) is 0 Å². The molecule has 2 heterocycles. The first-order valence-electron chi connectivity index (χ1n) is 10.6. The molecular formula is C26H22N4O4S. The predicted molar refractivity (Wildman–Crippen MR) is 135 cm³/mol. The molecule has 0 aliphatic carbocycles. The Bertz CT molecular complexity index is 1620. The fraction of sp³-hybridized carbons (Fsp3) is 0.115. The normalized spacial score (nSPS) is 10.9. The van der Waals surface area contributed by atoms with E-state index in [9.17, 15) is 13.2 Å². The summed E-state index contributed by atoms with van der Waals surface area (Å²) in [6.45, 7) is 1.74. The van der Waals surface area contributed by atoms with Crippen LogP contribution in [-0.4, -0.2) is 43.6 Å². The van der Waals surface area contributed by atoms with Crippen LogP contribution in [-0.2, 0) is 10.0 Å². The van der Waals surface area contributed by atoms with E-state index in [-0.39, 0.29) is 10.6 Å². The molecule has 0 saturated heterocycles. The van der Waals surface area contributed by atoms with Gasteiger partial charge in [-0.15, -0.1) is 0 Å². The van der Waals surface area contributed by atoms with E-state index in [0.717, 1.165) is 11.1 Å². The van der Waals surface area contributed by atoms with E-state index in [1.165, 1.54) is 18.3 Å². The van der Waals surface area contributed by atoms with Gasteiger partial charge in [-0.3, -0.25) is 9.71 Å². The number of carbonyl (C=O) groups is 1. The van der Waals surface area contributed by atoms with Crippen molar-refractivity contribution in [2.24, 2.45) is 0 Å². The molecule has 9 heteroatoms. The van der Waals surface area contributed by atoms with Crippen LogP contribution in [0.15, 0.2) is 71.9 Å². The Kier molecular flexibility index (Phi) is 6.40. The van der Waals surface area contributed by atoms with Gasteiger partial charge in [-0.05, 0) is 42.8 Å². The number of carboxylic acids is 1. The van der Waals surface area contributed by atoms with Crippen LogP contribution >= 0.6 is 0 Å². The van der Waals surface area contributed by atoms with E-state index in [1.807, 2.05) is 31.1 Å². The minimum atomic E-state index is -3.99. The van der Waals surface area contributed by atoms with Crippen LogP contribution in [0, 0.1) is 18.8 Å². The smallest absolute Gasteiger partial charge is 0.354 e. The molecule has 0 amide bonds. The molecule has 0 saturated carbocycles. The zero-order valence-electron chi connectivity index (χ0n) is 19.3. The number of carboxylic acid groups (broad SMARTS) is 1. The third-order valence-corrected chi connectivity index (χ3v) is 6.71. The summed E-state index contributed by atoms with van der Waals surface area (Å²) in [4.78, 5) is 21.3. The highest BCUT2D eigenvalue weighted by Crippen LogP contribution is 2.30. The topological polar surface area (TPSA) is 112 Å². The molecule has 0 bridgehead atoms. The maximum Gasteiger partial charge on any atom is 0.354 e. The Balaban J connectivity index is 1.72. The van der Waals surface area contributed by atoms with Gasteiger partial charge in [-0.2, -0.15) is 0 Å². The summed E-state index contributed by atoms with van der Waals surface area (Å²) < 4.78 is 29.4. The van der Waals surface area contributed by atoms with Crippen LogP contribution in [0.4, 0.5) is 11.4 Å². The van der Waals surface area contributed by atoms with Crippen LogP contribution in [0.2, 0.25) is 0 Å². The lowest BCUT2D eigenvalue weighted by atomic mass is 10.1. The molecule has 0 aliphatic heterocycles. The molecule has 0 atom stereocenters. The van der Waals surface area contributed by atoms with Gasteiger partial charge in [-0.1, -0.05) is 36.1 Å². The third kappa shape index (κ3) is 4.93. The van der Waals surface area contributed by atoms with Crippen molar-refractivity contribution in [2.45, 2.75) is 11.8 Å². The number of rotatable bonds is 5. The molecule has 0 radical (unpaired) electrons. The van der Waals surface area contributed by atoms with Crippen LogP contribution in [0.5, 0.6) is 0 Å². The number of sulfonamides is 1. The van der Waals surface area contributed by atoms with E-state index in [4.69, 9.17) is 5.11 Å². The number of pyridine rings is 2. The van der Waals surface area contributed by atoms with Crippen molar-refractivity contribution < 1.29 is 18.3 Å². The maximum absolute atomic E-state index is 13.4. The lowest BCUT2D eigenvalue weighted by Gasteiger charge is -2.16.